The lowest BCUT2D eigenvalue weighted by molar-refractivity contribution is 0.474. The average Bonchev–Trinajstić information content (AvgIpc) is 2.99. The highest BCUT2D eigenvalue weighted by Gasteiger charge is 2.21. The number of nitriles is 1. The molecule has 5 heteroatoms. The Hall–Kier alpha value is -1.64. The predicted octanol–water partition coefficient (Wildman–Crippen LogP) is 4.33. The largest absolute Gasteiger partial charge is 0.507 e. The fraction of sp³-hybridized carbons (Fsp3) is 0.200. The van der Waals surface area contributed by atoms with Crippen LogP contribution in [0.1, 0.15) is 28.0 Å². The van der Waals surface area contributed by atoms with E-state index in [-0.39, 0.29) is 5.75 Å². The standard InChI is InChI=1S/C15H11BrN2OS/c16-10-4-5-13(19)9(6-10)8-18-15-12(7-17)11-2-1-3-14(11)20-15/h4-6,8,19H,1-3H2/b18-8+. The van der Waals surface area contributed by atoms with E-state index >= 15 is 0 Å². The first-order chi connectivity index (χ1) is 9.69. The summed E-state index contributed by atoms with van der Waals surface area (Å²) in [6, 6.07) is 7.45. The van der Waals surface area contributed by atoms with Crippen LogP contribution in [0.3, 0.4) is 0 Å². The number of halogens is 1. The maximum absolute atomic E-state index is 9.78. The first-order valence-electron chi connectivity index (χ1n) is 6.26. The monoisotopic (exact) mass is 346 g/mol. The molecule has 3 nitrogen and oxygen atoms in total. The summed E-state index contributed by atoms with van der Waals surface area (Å²) in [4.78, 5) is 5.69. The molecule has 2 aromatic rings. The smallest absolute Gasteiger partial charge is 0.134 e. The summed E-state index contributed by atoms with van der Waals surface area (Å²) in [6.45, 7) is 0. The van der Waals surface area contributed by atoms with Crippen molar-refractivity contribution in [2.24, 2.45) is 4.99 Å². The number of benzene rings is 1. The van der Waals surface area contributed by atoms with Crippen molar-refractivity contribution in [2.45, 2.75) is 19.3 Å². The van der Waals surface area contributed by atoms with Crippen LogP contribution in [0, 0.1) is 11.3 Å². The van der Waals surface area contributed by atoms with E-state index in [4.69, 9.17) is 0 Å². The summed E-state index contributed by atoms with van der Waals surface area (Å²) < 4.78 is 0.880. The number of nitrogens with zero attached hydrogens (tertiary/aromatic N) is 2. The van der Waals surface area contributed by atoms with Crippen molar-refractivity contribution in [3.63, 3.8) is 0 Å². The van der Waals surface area contributed by atoms with Crippen LogP contribution in [0.5, 0.6) is 5.75 Å². The first kappa shape index (κ1) is 13.3. The molecule has 0 atom stereocenters. The van der Waals surface area contributed by atoms with Crippen molar-refractivity contribution in [3.8, 4) is 11.8 Å². The lowest BCUT2D eigenvalue weighted by atomic mass is 10.1. The van der Waals surface area contributed by atoms with Gasteiger partial charge >= 0.3 is 0 Å². The number of aryl methyl sites for hydroxylation is 1. The molecule has 0 saturated carbocycles. The van der Waals surface area contributed by atoms with Crippen molar-refractivity contribution < 1.29 is 5.11 Å². The molecule has 1 N–H and O–H groups in total. The van der Waals surface area contributed by atoms with Gasteiger partial charge in [-0.15, -0.1) is 11.3 Å². The van der Waals surface area contributed by atoms with Crippen LogP contribution >= 0.6 is 27.3 Å². The predicted molar refractivity (Wildman–Crippen MR) is 84.1 cm³/mol. The van der Waals surface area contributed by atoms with Gasteiger partial charge in [-0.2, -0.15) is 5.26 Å². The number of hydrogen-bond acceptors (Lipinski definition) is 4. The van der Waals surface area contributed by atoms with Gasteiger partial charge < -0.3 is 5.11 Å². The van der Waals surface area contributed by atoms with Crippen LogP contribution in [0.15, 0.2) is 27.7 Å². The van der Waals surface area contributed by atoms with Crippen molar-refractivity contribution in [3.05, 3.63) is 44.2 Å². The third kappa shape index (κ3) is 2.37. The first-order valence-corrected chi connectivity index (χ1v) is 7.87. The number of phenolic OH excluding ortho intramolecular Hbond substituents is 1. The van der Waals surface area contributed by atoms with E-state index in [2.05, 4.69) is 27.0 Å². The van der Waals surface area contributed by atoms with E-state index in [1.54, 1.807) is 35.8 Å². The molecule has 0 unspecified atom stereocenters. The highest BCUT2D eigenvalue weighted by molar-refractivity contribution is 9.10. The van der Waals surface area contributed by atoms with E-state index in [0.717, 1.165) is 28.7 Å². The molecule has 1 aliphatic rings. The van der Waals surface area contributed by atoms with E-state index in [0.29, 0.717) is 11.1 Å². The summed E-state index contributed by atoms with van der Waals surface area (Å²) in [7, 11) is 0. The van der Waals surface area contributed by atoms with E-state index in [9.17, 15) is 10.4 Å². The van der Waals surface area contributed by atoms with Gasteiger partial charge in [-0.25, -0.2) is 4.99 Å². The maximum atomic E-state index is 9.78. The fourth-order valence-corrected chi connectivity index (χ4v) is 3.92. The molecule has 0 amide bonds. The normalized spacial score (nSPS) is 13.6. The number of aromatic hydroxyl groups is 1. The van der Waals surface area contributed by atoms with Crippen LogP contribution in [0.25, 0.3) is 0 Å². The molecule has 3 rings (SSSR count). The second kappa shape index (κ2) is 5.39. The minimum atomic E-state index is 0.180. The van der Waals surface area contributed by atoms with Crippen molar-refractivity contribution in [2.75, 3.05) is 0 Å². The van der Waals surface area contributed by atoms with Crippen LogP contribution in [-0.4, -0.2) is 11.3 Å². The molecule has 20 heavy (non-hydrogen) atoms. The van der Waals surface area contributed by atoms with Gasteiger partial charge in [0.1, 0.15) is 16.8 Å². The van der Waals surface area contributed by atoms with Gasteiger partial charge in [0, 0.05) is 21.1 Å². The molecule has 0 radical (unpaired) electrons. The topological polar surface area (TPSA) is 56.4 Å². The minimum absolute atomic E-state index is 0.180. The van der Waals surface area contributed by atoms with Crippen LogP contribution in [0.4, 0.5) is 5.00 Å². The molecule has 0 spiro atoms. The summed E-state index contributed by atoms with van der Waals surface area (Å²) in [6.07, 6.45) is 4.77. The van der Waals surface area contributed by atoms with E-state index in [1.807, 2.05) is 0 Å². The molecular formula is C15H11BrN2OS. The molecule has 1 heterocycles. The maximum Gasteiger partial charge on any atom is 0.134 e. The van der Waals surface area contributed by atoms with Gasteiger partial charge in [0.15, 0.2) is 0 Å². The molecule has 0 aliphatic heterocycles. The fourth-order valence-electron chi connectivity index (χ4n) is 2.35. The molecule has 0 saturated heterocycles. The van der Waals surface area contributed by atoms with E-state index in [1.165, 1.54) is 10.4 Å². The van der Waals surface area contributed by atoms with E-state index < -0.39 is 0 Å². The Kier molecular flexibility index (Phi) is 3.60. The van der Waals surface area contributed by atoms with Gasteiger partial charge in [0.25, 0.3) is 0 Å². The SMILES string of the molecule is N#Cc1c(/N=C/c2cc(Br)ccc2O)sc2c1CCC2. The van der Waals surface area contributed by atoms with Gasteiger partial charge in [0.05, 0.1) is 5.56 Å². The quantitative estimate of drug-likeness (QED) is 0.822. The van der Waals surface area contributed by atoms with Crippen molar-refractivity contribution >= 4 is 38.5 Å². The number of phenols is 1. The molecular weight excluding hydrogens is 336 g/mol. The number of fused-ring (bicyclic) bond motifs is 1. The van der Waals surface area contributed by atoms with Crippen LogP contribution < -0.4 is 0 Å². The van der Waals surface area contributed by atoms with Crippen molar-refractivity contribution in [1.29, 1.82) is 5.26 Å². The summed E-state index contributed by atoms with van der Waals surface area (Å²) in [5.74, 6) is 0.180. The van der Waals surface area contributed by atoms with Crippen LogP contribution in [0.2, 0.25) is 0 Å². The Bertz CT molecular complexity index is 743. The zero-order chi connectivity index (χ0) is 14.1. The second-order valence-corrected chi connectivity index (χ2v) is 6.61. The Balaban J connectivity index is 1.98. The summed E-state index contributed by atoms with van der Waals surface area (Å²) in [5, 5.41) is 19.8. The number of thiophene rings is 1. The molecule has 1 aromatic carbocycles. The summed E-state index contributed by atoms with van der Waals surface area (Å²) >= 11 is 4.95. The van der Waals surface area contributed by atoms with Crippen LogP contribution in [-0.2, 0) is 12.8 Å². The molecule has 0 bridgehead atoms. The average molecular weight is 347 g/mol. The second-order valence-electron chi connectivity index (χ2n) is 4.61. The lowest BCUT2D eigenvalue weighted by Crippen LogP contribution is -1.83. The zero-order valence-electron chi connectivity index (χ0n) is 10.6. The Morgan fingerprint density at radius 1 is 1.40 bits per heavy atom. The van der Waals surface area contributed by atoms with Gasteiger partial charge in [-0.3, -0.25) is 0 Å². The molecule has 0 fully saturated rings. The number of hydrogen-bond donors (Lipinski definition) is 1. The minimum Gasteiger partial charge on any atom is -0.507 e. The lowest BCUT2D eigenvalue weighted by Gasteiger charge is -1.99. The Labute approximate surface area is 129 Å². The summed E-state index contributed by atoms with van der Waals surface area (Å²) in [5.41, 5.74) is 2.51. The van der Waals surface area contributed by atoms with Gasteiger partial charge in [0.2, 0.25) is 0 Å². The highest BCUT2D eigenvalue weighted by Crippen LogP contribution is 2.40. The number of aliphatic imine (C=N–C) groups is 1. The third-order valence-corrected chi connectivity index (χ3v) is 5.02. The molecule has 1 aliphatic carbocycles. The van der Waals surface area contributed by atoms with Crippen molar-refractivity contribution in [1.82, 2.24) is 0 Å². The highest BCUT2D eigenvalue weighted by atomic mass is 79.9. The van der Waals surface area contributed by atoms with Gasteiger partial charge in [-0.05, 0) is 43.0 Å². The molecule has 100 valence electrons. The third-order valence-electron chi connectivity index (χ3n) is 3.32. The Morgan fingerprint density at radius 2 is 2.25 bits per heavy atom. The van der Waals surface area contributed by atoms with Gasteiger partial charge in [-0.1, -0.05) is 15.9 Å². The number of rotatable bonds is 2. The zero-order valence-corrected chi connectivity index (χ0v) is 13.0. The molecule has 1 aromatic heterocycles. The Morgan fingerprint density at radius 3 is 3.05 bits per heavy atom.